The zero-order chi connectivity index (χ0) is 17.8. The largest absolute Gasteiger partial charge is 0.256 e. The number of alkyl halides is 1. The predicted molar refractivity (Wildman–Crippen MR) is 102 cm³/mol. The van der Waals surface area contributed by atoms with Crippen molar-refractivity contribution in [3.8, 4) is 22.5 Å². The van der Waals surface area contributed by atoms with E-state index in [1.165, 1.54) is 0 Å². The number of pyridine rings is 2. The molecule has 0 fully saturated rings. The molecular weight excluding hydrogens is 323 g/mol. The standard InChI is InChI=1S/C23H17FN2/c24-23(19-11-6-10-18(16-19)20-12-4-5-15-25-20)22-14-7-13-21(26-22)17-8-2-1-3-9-17/h1-16,23H. The molecule has 0 aliphatic rings. The Morgan fingerprint density at radius 2 is 1.38 bits per heavy atom. The molecular formula is C23H17FN2. The van der Waals surface area contributed by atoms with Crippen LogP contribution in [0.1, 0.15) is 17.4 Å². The lowest BCUT2D eigenvalue weighted by Gasteiger charge is -2.11. The van der Waals surface area contributed by atoms with Crippen molar-refractivity contribution in [3.05, 3.63) is 108 Å². The van der Waals surface area contributed by atoms with Crippen LogP contribution < -0.4 is 0 Å². The third-order valence-electron chi connectivity index (χ3n) is 4.24. The summed E-state index contributed by atoms with van der Waals surface area (Å²) in [5, 5.41) is 0. The fraction of sp³-hybridized carbons (Fsp3) is 0.0435. The van der Waals surface area contributed by atoms with E-state index in [0.717, 1.165) is 22.5 Å². The van der Waals surface area contributed by atoms with Gasteiger partial charge in [0.15, 0.2) is 6.17 Å². The zero-order valence-corrected chi connectivity index (χ0v) is 14.1. The highest BCUT2D eigenvalue weighted by atomic mass is 19.1. The Bertz CT molecular complexity index is 918. The van der Waals surface area contributed by atoms with Crippen LogP contribution in [0, 0.1) is 0 Å². The summed E-state index contributed by atoms with van der Waals surface area (Å²) in [6.07, 6.45) is 0.446. The molecule has 2 nitrogen and oxygen atoms in total. The summed E-state index contributed by atoms with van der Waals surface area (Å²) >= 11 is 0. The molecule has 2 heterocycles. The zero-order valence-electron chi connectivity index (χ0n) is 14.1. The third-order valence-corrected chi connectivity index (χ3v) is 4.24. The fourth-order valence-corrected chi connectivity index (χ4v) is 2.92. The van der Waals surface area contributed by atoms with Crippen LogP contribution in [0.15, 0.2) is 97.2 Å². The minimum absolute atomic E-state index is 0.407. The highest BCUT2D eigenvalue weighted by Crippen LogP contribution is 2.29. The second-order valence-electron chi connectivity index (χ2n) is 6.02. The van der Waals surface area contributed by atoms with Crippen molar-refractivity contribution >= 4 is 0 Å². The van der Waals surface area contributed by atoms with Gasteiger partial charge >= 0.3 is 0 Å². The maximum Gasteiger partial charge on any atom is 0.167 e. The lowest BCUT2D eigenvalue weighted by molar-refractivity contribution is 0.394. The highest BCUT2D eigenvalue weighted by Gasteiger charge is 2.16. The Morgan fingerprint density at radius 3 is 2.19 bits per heavy atom. The van der Waals surface area contributed by atoms with E-state index in [9.17, 15) is 0 Å². The molecule has 126 valence electrons. The molecule has 4 aromatic rings. The first-order valence-corrected chi connectivity index (χ1v) is 8.49. The first kappa shape index (κ1) is 16.2. The molecule has 0 saturated heterocycles. The van der Waals surface area contributed by atoms with Crippen molar-refractivity contribution in [2.45, 2.75) is 6.17 Å². The van der Waals surface area contributed by atoms with Crippen molar-refractivity contribution < 1.29 is 4.39 Å². The summed E-state index contributed by atoms with van der Waals surface area (Å²) in [5.74, 6) is 0. The molecule has 1 unspecified atom stereocenters. The van der Waals surface area contributed by atoms with E-state index >= 15 is 4.39 Å². The molecule has 3 heteroatoms. The van der Waals surface area contributed by atoms with Crippen molar-refractivity contribution in [2.75, 3.05) is 0 Å². The minimum atomic E-state index is -1.29. The van der Waals surface area contributed by atoms with Crippen molar-refractivity contribution in [1.82, 2.24) is 9.97 Å². The number of hydrogen-bond donors (Lipinski definition) is 0. The van der Waals surface area contributed by atoms with E-state index in [1.54, 1.807) is 18.3 Å². The normalized spacial score (nSPS) is 11.9. The molecule has 1 atom stereocenters. The van der Waals surface area contributed by atoms with E-state index in [4.69, 9.17) is 0 Å². The lowest BCUT2D eigenvalue weighted by Crippen LogP contribution is -1.99. The summed E-state index contributed by atoms with van der Waals surface area (Å²) < 4.78 is 15.2. The van der Waals surface area contributed by atoms with E-state index in [1.807, 2.05) is 78.9 Å². The Balaban J connectivity index is 1.67. The van der Waals surface area contributed by atoms with Crippen LogP contribution in [0.2, 0.25) is 0 Å². The first-order valence-electron chi connectivity index (χ1n) is 8.49. The monoisotopic (exact) mass is 340 g/mol. The summed E-state index contributed by atoms with van der Waals surface area (Å²) in [6.45, 7) is 0. The molecule has 0 aliphatic carbocycles. The molecule has 2 aromatic heterocycles. The second-order valence-corrected chi connectivity index (χ2v) is 6.02. The quantitative estimate of drug-likeness (QED) is 0.464. The highest BCUT2D eigenvalue weighted by molar-refractivity contribution is 5.61. The van der Waals surface area contributed by atoms with Gasteiger partial charge in [-0.2, -0.15) is 0 Å². The molecule has 0 radical (unpaired) electrons. The van der Waals surface area contributed by atoms with Gasteiger partial charge in [-0.3, -0.25) is 4.98 Å². The van der Waals surface area contributed by atoms with Gasteiger partial charge < -0.3 is 0 Å². The molecule has 4 rings (SSSR count). The Morgan fingerprint density at radius 1 is 0.654 bits per heavy atom. The van der Waals surface area contributed by atoms with Gasteiger partial charge in [-0.1, -0.05) is 60.7 Å². The number of benzene rings is 2. The van der Waals surface area contributed by atoms with Crippen molar-refractivity contribution in [3.63, 3.8) is 0 Å². The van der Waals surface area contributed by atoms with E-state index in [-0.39, 0.29) is 0 Å². The van der Waals surface area contributed by atoms with Crippen LogP contribution in [0.5, 0.6) is 0 Å². The van der Waals surface area contributed by atoms with E-state index < -0.39 is 6.17 Å². The van der Waals surface area contributed by atoms with Crippen LogP contribution >= 0.6 is 0 Å². The number of nitrogens with zero attached hydrogens (tertiary/aromatic N) is 2. The Hall–Kier alpha value is -3.33. The van der Waals surface area contributed by atoms with Crippen molar-refractivity contribution in [2.24, 2.45) is 0 Å². The van der Waals surface area contributed by atoms with Crippen LogP contribution in [-0.2, 0) is 0 Å². The summed E-state index contributed by atoms with van der Waals surface area (Å²) in [4.78, 5) is 8.87. The van der Waals surface area contributed by atoms with Gasteiger partial charge in [0.05, 0.1) is 17.1 Å². The number of halogens is 1. The topological polar surface area (TPSA) is 25.8 Å². The molecule has 0 spiro atoms. The summed E-state index contributed by atoms with van der Waals surface area (Å²) in [6, 6.07) is 28.4. The van der Waals surface area contributed by atoms with E-state index in [0.29, 0.717) is 11.3 Å². The Kier molecular flexibility index (Phi) is 4.52. The third kappa shape index (κ3) is 3.38. The number of rotatable bonds is 4. The SMILES string of the molecule is FC(c1cccc(-c2ccccn2)c1)c1cccc(-c2ccccc2)n1. The van der Waals surface area contributed by atoms with Crippen LogP contribution in [-0.4, -0.2) is 9.97 Å². The van der Waals surface area contributed by atoms with Crippen LogP contribution in [0.25, 0.3) is 22.5 Å². The Labute approximate surface area is 152 Å². The smallest absolute Gasteiger partial charge is 0.167 e. The molecule has 0 saturated carbocycles. The van der Waals surface area contributed by atoms with Crippen molar-refractivity contribution in [1.29, 1.82) is 0 Å². The van der Waals surface area contributed by atoms with Gasteiger partial charge in [-0.15, -0.1) is 0 Å². The lowest BCUT2D eigenvalue weighted by atomic mass is 10.0. The number of hydrogen-bond acceptors (Lipinski definition) is 2. The maximum absolute atomic E-state index is 15.2. The fourth-order valence-electron chi connectivity index (χ4n) is 2.92. The molecule has 0 N–H and O–H groups in total. The van der Waals surface area contributed by atoms with Crippen LogP contribution in [0.3, 0.4) is 0 Å². The average Bonchev–Trinajstić information content (AvgIpc) is 2.75. The van der Waals surface area contributed by atoms with Crippen LogP contribution in [0.4, 0.5) is 4.39 Å². The average molecular weight is 340 g/mol. The number of aromatic nitrogens is 2. The minimum Gasteiger partial charge on any atom is -0.256 e. The second kappa shape index (κ2) is 7.28. The molecule has 0 aliphatic heterocycles. The summed E-state index contributed by atoms with van der Waals surface area (Å²) in [5.41, 5.74) is 4.45. The van der Waals surface area contributed by atoms with Gasteiger partial charge in [0.25, 0.3) is 0 Å². The first-order chi connectivity index (χ1) is 12.8. The van der Waals surface area contributed by atoms with Gasteiger partial charge in [0, 0.05) is 17.3 Å². The summed E-state index contributed by atoms with van der Waals surface area (Å²) in [7, 11) is 0. The molecule has 0 bridgehead atoms. The molecule has 26 heavy (non-hydrogen) atoms. The maximum atomic E-state index is 15.2. The van der Waals surface area contributed by atoms with E-state index in [2.05, 4.69) is 9.97 Å². The molecule has 2 aromatic carbocycles. The van der Waals surface area contributed by atoms with Gasteiger partial charge in [-0.05, 0) is 35.9 Å². The van der Waals surface area contributed by atoms with Gasteiger partial charge in [0.2, 0.25) is 0 Å². The van der Waals surface area contributed by atoms with Gasteiger partial charge in [-0.25, -0.2) is 9.37 Å². The predicted octanol–water partition coefficient (Wildman–Crippen LogP) is 5.87. The molecule has 0 amide bonds. The van der Waals surface area contributed by atoms with Gasteiger partial charge in [0.1, 0.15) is 0 Å².